The first-order valence-corrected chi connectivity index (χ1v) is 11.5. The molecule has 0 aliphatic carbocycles. The van der Waals surface area contributed by atoms with Crippen LogP contribution in [0.4, 0.5) is 4.39 Å². The van der Waals surface area contributed by atoms with Gasteiger partial charge in [0.2, 0.25) is 0 Å². The standard InChI is InChI=1S/C28H26FN3O3/c1-16-14-17(2)27(33)22(15-16)24-23-25(31-30-24)28(34)32(26(23)19-6-8-20(29)9-7-19)13-12-18-4-10-21(35-3)11-5-18/h4-11,14-15,26,33H,12-13H2,1-3H3,(H,30,31). The monoisotopic (exact) mass is 471 g/mol. The van der Waals surface area contributed by atoms with Crippen LogP contribution in [0.15, 0.2) is 60.7 Å². The first-order chi connectivity index (χ1) is 16.9. The lowest BCUT2D eigenvalue weighted by molar-refractivity contribution is 0.0746. The number of methoxy groups -OCH3 is 1. The molecule has 1 aliphatic rings. The van der Waals surface area contributed by atoms with E-state index in [9.17, 15) is 14.3 Å². The van der Waals surface area contributed by atoms with Crippen molar-refractivity contribution in [3.8, 4) is 22.8 Å². The maximum atomic E-state index is 13.8. The fraction of sp³-hybridized carbons (Fsp3) is 0.214. The minimum Gasteiger partial charge on any atom is -0.507 e. The summed E-state index contributed by atoms with van der Waals surface area (Å²) in [5.41, 5.74) is 5.73. The fourth-order valence-corrected chi connectivity index (χ4v) is 4.81. The van der Waals surface area contributed by atoms with E-state index < -0.39 is 6.04 Å². The Hall–Kier alpha value is -4.13. The summed E-state index contributed by atoms with van der Waals surface area (Å²) in [5.74, 6) is 0.383. The van der Waals surface area contributed by atoms with E-state index in [1.54, 1.807) is 24.1 Å². The number of H-pyrrole nitrogens is 1. The molecule has 0 saturated carbocycles. The number of aromatic nitrogens is 2. The molecule has 1 atom stereocenters. The van der Waals surface area contributed by atoms with Crippen LogP contribution in [-0.4, -0.2) is 39.8 Å². The van der Waals surface area contributed by atoms with Crippen molar-refractivity contribution < 1.29 is 19.0 Å². The molecule has 178 valence electrons. The lowest BCUT2D eigenvalue weighted by Crippen LogP contribution is -2.31. The number of ether oxygens (including phenoxy) is 1. The zero-order valence-electron chi connectivity index (χ0n) is 19.8. The van der Waals surface area contributed by atoms with E-state index in [4.69, 9.17) is 4.74 Å². The molecule has 0 saturated heterocycles. The van der Waals surface area contributed by atoms with Crippen LogP contribution < -0.4 is 4.74 Å². The Morgan fingerprint density at radius 1 is 1.09 bits per heavy atom. The molecule has 2 N–H and O–H groups in total. The smallest absolute Gasteiger partial charge is 0.273 e. The molecule has 0 fully saturated rings. The highest BCUT2D eigenvalue weighted by Crippen LogP contribution is 2.45. The van der Waals surface area contributed by atoms with Crippen molar-refractivity contribution >= 4 is 5.91 Å². The Bertz CT molecular complexity index is 1390. The topological polar surface area (TPSA) is 78.5 Å². The second kappa shape index (κ2) is 8.91. The van der Waals surface area contributed by atoms with Gasteiger partial charge in [-0.15, -0.1) is 0 Å². The normalized spacial score (nSPS) is 14.9. The number of aromatic amines is 1. The number of hydrogen-bond donors (Lipinski definition) is 2. The molecule has 7 heteroatoms. The van der Waals surface area contributed by atoms with E-state index in [-0.39, 0.29) is 17.5 Å². The molecule has 2 heterocycles. The molecule has 1 aromatic heterocycles. The van der Waals surface area contributed by atoms with Crippen molar-refractivity contribution in [2.45, 2.75) is 26.3 Å². The molecule has 1 unspecified atom stereocenters. The molecule has 3 aromatic carbocycles. The van der Waals surface area contributed by atoms with Gasteiger partial charge in [-0.1, -0.05) is 30.3 Å². The molecule has 5 rings (SSSR count). The van der Waals surface area contributed by atoms with Gasteiger partial charge in [-0.2, -0.15) is 5.10 Å². The Kier molecular flexibility index (Phi) is 5.76. The molecule has 1 amide bonds. The van der Waals surface area contributed by atoms with Gasteiger partial charge in [0.1, 0.15) is 28.7 Å². The number of nitrogens with one attached hydrogen (secondary N) is 1. The summed E-state index contributed by atoms with van der Waals surface area (Å²) in [4.78, 5) is 15.3. The van der Waals surface area contributed by atoms with Crippen LogP contribution in [0.5, 0.6) is 11.5 Å². The van der Waals surface area contributed by atoms with Gasteiger partial charge in [0, 0.05) is 17.7 Å². The van der Waals surface area contributed by atoms with Gasteiger partial charge in [-0.25, -0.2) is 4.39 Å². The molecule has 0 radical (unpaired) electrons. The molecular weight excluding hydrogens is 445 g/mol. The predicted molar refractivity (Wildman–Crippen MR) is 131 cm³/mol. The SMILES string of the molecule is COc1ccc(CCN2C(=O)c3[nH]nc(-c4cc(C)cc(C)c4O)c3C2c2ccc(F)cc2)cc1. The van der Waals surface area contributed by atoms with Crippen LogP contribution in [0.2, 0.25) is 0 Å². The van der Waals surface area contributed by atoms with Gasteiger partial charge >= 0.3 is 0 Å². The predicted octanol–water partition coefficient (Wildman–Crippen LogP) is 5.33. The zero-order valence-corrected chi connectivity index (χ0v) is 19.8. The van der Waals surface area contributed by atoms with Crippen LogP contribution >= 0.6 is 0 Å². The summed E-state index contributed by atoms with van der Waals surface area (Å²) in [7, 11) is 1.62. The van der Waals surface area contributed by atoms with Gasteiger partial charge in [-0.05, 0) is 72.9 Å². The van der Waals surface area contributed by atoms with Gasteiger partial charge < -0.3 is 14.7 Å². The van der Waals surface area contributed by atoms with Crippen LogP contribution in [0, 0.1) is 19.7 Å². The number of hydrogen-bond acceptors (Lipinski definition) is 4. The summed E-state index contributed by atoms with van der Waals surface area (Å²) < 4.78 is 19.0. The number of carbonyl (C=O) groups is 1. The maximum absolute atomic E-state index is 13.8. The summed E-state index contributed by atoms with van der Waals surface area (Å²) in [6.45, 7) is 4.24. The molecule has 35 heavy (non-hydrogen) atoms. The van der Waals surface area contributed by atoms with Gasteiger partial charge in [-0.3, -0.25) is 9.89 Å². The summed E-state index contributed by atoms with van der Waals surface area (Å²) in [6, 6.07) is 17.2. The number of aryl methyl sites for hydroxylation is 2. The highest BCUT2D eigenvalue weighted by molar-refractivity contribution is 6.00. The zero-order chi connectivity index (χ0) is 24.7. The van der Waals surface area contributed by atoms with Gasteiger partial charge in [0.05, 0.1) is 13.2 Å². The third kappa shape index (κ3) is 4.03. The van der Waals surface area contributed by atoms with E-state index in [1.807, 2.05) is 50.2 Å². The van der Waals surface area contributed by atoms with Crippen molar-refractivity contribution in [2.24, 2.45) is 0 Å². The Labute approximate surface area is 203 Å². The van der Waals surface area contributed by atoms with Crippen molar-refractivity contribution in [3.05, 3.63) is 100.0 Å². The lowest BCUT2D eigenvalue weighted by Gasteiger charge is -2.26. The number of carbonyl (C=O) groups excluding carboxylic acids is 1. The molecule has 0 spiro atoms. The van der Waals surface area contributed by atoms with Crippen LogP contribution in [0.1, 0.15) is 44.3 Å². The number of benzene rings is 3. The largest absolute Gasteiger partial charge is 0.507 e. The number of phenolic OH excluding ortho intramolecular Hbond substituents is 1. The van der Waals surface area contributed by atoms with E-state index in [2.05, 4.69) is 10.2 Å². The third-order valence-electron chi connectivity index (χ3n) is 6.55. The maximum Gasteiger partial charge on any atom is 0.273 e. The van der Waals surface area contributed by atoms with E-state index in [0.29, 0.717) is 35.5 Å². The van der Waals surface area contributed by atoms with Crippen molar-refractivity contribution in [1.29, 1.82) is 0 Å². The Balaban J connectivity index is 1.57. The quantitative estimate of drug-likeness (QED) is 0.398. The lowest BCUT2D eigenvalue weighted by atomic mass is 9.94. The number of phenols is 1. The Morgan fingerprint density at radius 3 is 2.49 bits per heavy atom. The molecule has 4 aromatic rings. The van der Waals surface area contributed by atoms with Gasteiger partial charge in [0.25, 0.3) is 5.91 Å². The second-order valence-corrected chi connectivity index (χ2v) is 8.89. The number of fused-ring (bicyclic) bond motifs is 1. The van der Waals surface area contributed by atoms with E-state index in [1.165, 1.54) is 12.1 Å². The Morgan fingerprint density at radius 2 is 1.80 bits per heavy atom. The van der Waals surface area contributed by atoms with Crippen LogP contribution in [-0.2, 0) is 6.42 Å². The number of rotatable bonds is 6. The molecule has 0 bridgehead atoms. The summed E-state index contributed by atoms with van der Waals surface area (Å²) in [6.07, 6.45) is 0.634. The number of aromatic hydroxyl groups is 1. The number of nitrogens with zero attached hydrogens (tertiary/aromatic N) is 2. The minimum absolute atomic E-state index is 0.131. The summed E-state index contributed by atoms with van der Waals surface area (Å²) in [5, 5.41) is 18.2. The molecule has 1 aliphatic heterocycles. The van der Waals surface area contributed by atoms with Crippen LogP contribution in [0.25, 0.3) is 11.3 Å². The number of halogens is 1. The van der Waals surface area contributed by atoms with Gasteiger partial charge in [0.15, 0.2) is 0 Å². The van der Waals surface area contributed by atoms with E-state index >= 15 is 0 Å². The van der Waals surface area contributed by atoms with Crippen molar-refractivity contribution in [2.75, 3.05) is 13.7 Å². The summed E-state index contributed by atoms with van der Waals surface area (Å²) >= 11 is 0. The third-order valence-corrected chi connectivity index (χ3v) is 6.55. The fourth-order valence-electron chi connectivity index (χ4n) is 4.81. The average molecular weight is 472 g/mol. The van der Waals surface area contributed by atoms with E-state index in [0.717, 1.165) is 28.0 Å². The average Bonchev–Trinajstić information content (AvgIpc) is 3.40. The van der Waals surface area contributed by atoms with Crippen molar-refractivity contribution in [3.63, 3.8) is 0 Å². The molecular formula is C28H26FN3O3. The highest BCUT2D eigenvalue weighted by Gasteiger charge is 2.42. The van der Waals surface area contributed by atoms with Crippen LogP contribution in [0.3, 0.4) is 0 Å². The highest BCUT2D eigenvalue weighted by atomic mass is 19.1. The first kappa shape index (κ1) is 22.7. The minimum atomic E-state index is -0.467. The van der Waals surface area contributed by atoms with Crippen molar-refractivity contribution in [1.82, 2.24) is 15.1 Å². The first-order valence-electron chi connectivity index (χ1n) is 11.5. The second-order valence-electron chi connectivity index (χ2n) is 8.89. The number of amides is 1. The molecule has 6 nitrogen and oxygen atoms in total.